The second-order valence-corrected chi connectivity index (χ2v) is 19.3. The van der Waals surface area contributed by atoms with Crippen LogP contribution in [0.15, 0.2) is 24.3 Å². The van der Waals surface area contributed by atoms with Gasteiger partial charge in [-0.25, -0.2) is 0 Å². The average molecular weight is 889 g/mol. The number of ether oxygens (including phenoxy) is 1. The van der Waals surface area contributed by atoms with E-state index in [0.717, 1.165) is 70.6 Å². The van der Waals surface area contributed by atoms with Crippen LogP contribution in [0.5, 0.6) is 0 Å². The quantitative estimate of drug-likeness (QED) is 0.0321. The molecule has 2 unspecified atom stereocenters. The minimum Gasteiger partial charge on any atom is -0.466 e. The van der Waals surface area contributed by atoms with E-state index in [1.807, 2.05) is 6.08 Å². The predicted octanol–water partition coefficient (Wildman–Crippen LogP) is 17.1. The van der Waals surface area contributed by atoms with Crippen molar-refractivity contribution in [1.82, 2.24) is 5.32 Å². The van der Waals surface area contributed by atoms with Gasteiger partial charge in [0.05, 0.1) is 25.4 Å². The molecule has 2 atom stereocenters. The molecule has 0 heterocycles. The summed E-state index contributed by atoms with van der Waals surface area (Å²) in [6.45, 7) is 4.87. The highest BCUT2D eigenvalue weighted by Crippen LogP contribution is 2.17. The van der Waals surface area contributed by atoms with Gasteiger partial charge in [-0.15, -0.1) is 0 Å². The third kappa shape index (κ3) is 49.6. The van der Waals surface area contributed by atoms with E-state index in [1.165, 1.54) is 205 Å². The van der Waals surface area contributed by atoms with Gasteiger partial charge in [-0.2, -0.15) is 0 Å². The number of allylic oxidation sites excluding steroid dienone is 3. The van der Waals surface area contributed by atoms with Crippen molar-refractivity contribution in [1.29, 1.82) is 0 Å². The number of hydrogen-bond donors (Lipinski definition) is 3. The summed E-state index contributed by atoms with van der Waals surface area (Å²) >= 11 is 0. The number of amides is 1. The summed E-state index contributed by atoms with van der Waals surface area (Å²) in [5, 5.41) is 23.1. The molecule has 1 amide bonds. The van der Waals surface area contributed by atoms with E-state index in [2.05, 4.69) is 31.3 Å². The fourth-order valence-electron chi connectivity index (χ4n) is 8.63. The molecule has 0 bridgehead atoms. The highest BCUT2D eigenvalue weighted by atomic mass is 16.5. The molecule has 6 heteroatoms. The molecule has 63 heavy (non-hydrogen) atoms. The Hall–Kier alpha value is -1.66. The van der Waals surface area contributed by atoms with Crippen LogP contribution in [0.25, 0.3) is 0 Å². The zero-order valence-electron chi connectivity index (χ0n) is 42.3. The van der Waals surface area contributed by atoms with Gasteiger partial charge in [0.2, 0.25) is 5.91 Å². The summed E-state index contributed by atoms with van der Waals surface area (Å²) in [7, 11) is 0. The molecule has 6 nitrogen and oxygen atoms in total. The Morgan fingerprint density at radius 3 is 1.14 bits per heavy atom. The van der Waals surface area contributed by atoms with Crippen molar-refractivity contribution < 1.29 is 24.5 Å². The lowest BCUT2D eigenvalue weighted by Gasteiger charge is -2.19. The lowest BCUT2D eigenvalue weighted by atomic mass is 10.0. The van der Waals surface area contributed by atoms with Crippen LogP contribution < -0.4 is 5.32 Å². The molecule has 0 aromatic rings. The second kappa shape index (κ2) is 53.0. The molecule has 0 saturated heterocycles. The Labute approximate surface area is 392 Å². The van der Waals surface area contributed by atoms with E-state index < -0.39 is 12.1 Å². The van der Waals surface area contributed by atoms with Gasteiger partial charge < -0.3 is 20.3 Å². The van der Waals surface area contributed by atoms with Crippen molar-refractivity contribution in [2.75, 3.05) is 13.2 Å². The molecule has 3 N–H and O–H groups in total. The monoisotopic (exact) mass is 888 g/mol. The highest BCUT2D eigenvalue weighted by Gasteiger charge is 2.18. The van der Waals surface area contributed by atoms with E-state index in [1.54, 1.807) is 6.08 Å². The number of aliphatic hydroxyl groups excluding tert-OH is 2. The molecule has 0 aliphatic rings. The number of rotatable bonds is 52. The zero-order valence-corrected chi connectivity index (χ0v) is 42.3. The van der Waals surface area contributed by atoms with Gasteiger partial charge in [0, 0.05) is 12.8 Å². The summed E-state index contributed by atoms with van der Waals surface area (Å²) in [6.07, 6.45) is 63.3. The van der Waals surface area contributed by atoms with Crippen molar-refractivity contribution in [2.45, 2.75) is 315 Å². The maximum absolute atomic E-state index is 12.5. The Bertz CT molecular complexity index is 982. The third-order valence-electron chi connectivity index (χ3n) is 13.0. The van der Waals surface area contributed by atoms with Crippen LogP contribution in [-0.4, -0.2) is 47.4 Å². The smallest absolute Gasteiger partial charge is 0.305 e. The fraction of sp³-hybridized carbons (Fsp3) is 0.895. The van der Waals surface area contributed by atoms with E-state index in [0.29, 0.717) is 19.4 Å². The summed E-state index contributed by atoms with van der Waals surface area (Å²) in [6, 6.07) is -0.648. The average Bonchev–Trinajstić information content (AvgIpc) is 3.28. The largest absolute Gasteiger partial charge is 0.466 e. The Kier molecular flexibility index (Phi) is 51.6. The normalized spacial score (nSPS) is 12.8. The maximum Gasteiger partial charge on any atom is 0.305 e. The van der Waals surface area contributed by atoms with Crippen LogP contribution in [0.2, 0.25) is 0 Å². The van der Waals surface area contributed by atoms with Crippen molar-refractivity contribution in [3.63, 3.8) is 0 Å². The fourth-order valence-corrected chi connectivity index (χ4v) is 8.63. The molecular weight excluding hydrogens is 779 g/mol. The molecule has 0 aromatic heterocycles. The summed E-state index contributed by atoms with van der Waals surface area (Å²) in [5.74, 6) is -0.109. The van der Waals surface area contributed by atoms with Crippen molar-refractivity contribution in [2.24, 2.45) is 0 Å². The highest BCUT2D eigenvalue weighted by molar-refractivity contribution is 5.76. The Morgan fingerprint density at radius 2 is 0.746 bits per heavy atom. The number of esters is 1. The molecule has 0 fully saturated rings. The first kappa shape index (κ1) is 61.3. The summed E-state index contributed by atoms with van der Waals surface area (Å²) in [5.41, 5.74) is 0. The minimum absolute atomic E-state index is 0.0130. The molecule has 0 spiro atoms. The van der Waals surface area contributed by atoms with Crippen LogP contribution in [0.4, 0.5) is 0 Å². The standard InChI is InChI=1S/C57H109NO5/c1-3-5-7-9-11-13-15-17-18-19-20-21-22-23-24-26-29-33-37-41-45-49-55(60)54(53-59)58-56(61)50-46-42-38-34-30-27-25-28-32-36-40-44-48-52-63-57(62)51-47-43-39-35-31-16-14-12-10-8-6-4-2/h27,30,45,49,54-55,59-60H,3-26,28-29,31-44,46-48,50-53H2,1-2H3,(H,58,61)/b30-27-,49-45+. The lowest BCUT2D eigenvalue weighted by molar-refractivity contribution is -0.143. The van der Waals surface area contributed by atoms with Crippen LogP contribution in [0, 0.1) is 0 Å². The van der Waals surface area contributed by atoms with Crippen LogP contribution >= 0.6 is 0 Å². The van der Waals surface area contributed by atoms with Crippen molar-refractivity contribution in [3.05, 3.63) is 24.3 Å². The van der Waals surface area contributed by atoms with Gasteiger partial charge in [0.25, 0.3) is 0 Å². The molecule has 0 radical (unpaired) electrons. The predicted molar refractivity (Wildman–Crippen MR) is 273 cm³/mol. The Morgan fingerprint density at radius 1 is 0.429 bits per heavy atom. The Balaban J connectivity index is 3.53. The molecule has 0 aromatic carbocycles. The number of carbonyl (C=O) groups excluding carboxylic acids is 2. The van der Waals surface area contributed by atoms with E-state index in [4.69, 9.17) is 4.74 Å². The van der Waals surface area contributed by atoms with Crippen molar-refractivity contribution in [3.8, 4) is 0 Å². The van der Waals surface area contributed by atoms with Crippen LogP contribution in [0.3, 0.4) is 0 Å². The molecule has 372 valence electrons. The van der Waals surface area contributed by atoms with Gasteiger partial charge in [0.15, 0.2) is 0 Å². The van der Waals surface area contributed by atoms with Crippen molar-refractivity contribution >= 4 is 11.9 Å². The summed E-state index contributed by atoms with van der Waals surface area (Å²) < 4.78 is 5.45. The van der Waals surface area contributed by atoms with E-state index in [-0.39, 0.29) is 18.5 Å². The SMILES string of the molecule is CCCCCCCCCCCCCCCCCCCCC/C=C/C(O)C(CO)NC(=O)CCCCC/C=C\CCCCCCCCOC(=O)CCCCCCCCCCCCCC. The first-order valence-corrected chi connectivity index (χ1v) is 28.1. The zero-order chi connectivity index (χ0) is 45.8. The third-order valence-corrected chi connectivity index (χ3v) is 13.0. The number of carbonyl (C=O) groups is 2. The second-order valence-electron chi connectivity index (χ2n) is 19.3. The van der Waals surface area contributed by atoms with Crippen LogP contribution in [0.1, 0.15) is 303 Å². The van der Waals surface area contributed by atoms with E-state index >= 15 is 0 Å². The van der Waals surface area contributed by atoms with Gasteiger partial charge in [-0.3, -0.25) is 9.59 Å². The summed E-state index contributed by atoms with van der Waals surface area (Å²) in [4.78, 5) is 24.5. The molecular formula is C57H109NO5. The van der Waals surface area contributed by atoms with Gasteiger partial charge >= 0.3 is 5.97 Å². The number of hydrogen-bond acceptors (Lipinski definition) is 5. The topological polar surface area (TPSA) is 95.9 Å². The van der Waals surface area contributed by atoms with Gasteiger partial charge in [-0.1, -0.05) is 256 Å². The minimum atomic E-state index is -0.862. The number of nitrogens with one attached hydrogen (secondary N) is 1. The molecule has 0 saturated carbocycles. The maximum atomic E-state index is 12.5. The molecule has 0 aliphatic carbocycles. The number of unbranched alkanes of at least 4 members (excludes halogenated alkanes) is 39. The van der Waals surface area contributed by atoms with Crippen LogP contribution in [-0.2, 0) is 14.3 Å². The number of aliphatic hydroxyl groups is 2. The van der Waals surface area contributed by atoms with Gasteiger partial charge in [0.1, 0.15) is 0 Å². The van der Waals surface area contributed by atoms with E-state index in [9.17, 15) is 19.8 Å². The first-order chi connectivity index (χ1) is 31.0. The lowest BCUT2D eigenvalue weighted by Crippen LogP contribution is -2.45. The molecule has 0 aliphatic heterocycles. The van der Waals surface area contributed by atoms with Gasteiger partial charge in [-0.05, 0) is 57.8 Å². The molecule has 0 rings (SSSR count). The first-order valence-electron chi connectivity index (χ1n) is 28.1.